The molecule has 0 atom stereocenters. The highest BCUT2D eigenvalue weighted by Crippen LogP contribution is 2.37. The van der Waals surface area contributed by atoms with Crippen molar-refractivity contribution in [1.82, 2.24) is 14.8 Å². The number of carbonyl (C=O) groups is 3. The molecule has 2 aliphatic heterocycles. The summed E-state index contributed by atoms with van der Waals surface area (Å²) < 4.78 is 4.78. The van der Waals surface area contributed by atoms with Crippen molar-refractivity contribution in [3.63, 3.8) is 0 Å². The van der Waals surface area contributed by atoms with Crippen molar-refractivity contribution in [2.75, 3.05) is 69.5 Å². The lowest BCUT2D eigenvalue weighted by Gasteiger charge is -2.32. The predicted molar refractivity (Wildman–Crippen MR) is 155 cm³/mol. The molecule has 1 saturated heterocycles. The third kappa shape index (κ3) is 5.73. The lowest BCUT2D eigenvalue weighted by molar-refractivity contribution is -0.119. The van der Waals surface area contributed by atoms with Crippen LogP contribution in [0.1, 0.15) is 21.6 Å². The average molecular weight is 541 g/mol. The average Bonchev–Trinajstić information content (AvgIpc) is 3.31. The number of methoxy groups -OCH3 is 1. The zero-order valence-corrected chi connectivity index (χ0v) is 22.8. The molecule has 0 saturated carbocycles. The zero-order valence-electron chi connectivity index (χ0n) is 22.8. The second-order valence-electron chi connectivity index (χ2n) is 9.89. The summed E-state index contributed by atoms with van der Waals surface area (Å²) >= 11 is 0. The molecule has 0 bridgehead atoms. The fourth-order valence-corrected chi connectivity index (χ4v) is 4.76. The van der Waals surface area contributed by atoms with E-state index in [9.17, 15) is 14.4 Å². The summed E-state index contributed by atoms with van der Waals surface area (Å²) in [4.78, 5) is 48.6. The van der Waals surface area contributed by atoms with Gasteiger partial charge in [-0.1, -0.05) is 30.3 Å². The van der Waals surface area contributed by atoms with Crippen molar-refractivity contribution in [3.05, 3.63) is 83.7 Å². The summed E-state index contributed by atoms with van der Waals surface area (Å²) in [5.41, 5.74) is 4.37. The zero-order chi connectivity index (χ0) is 28.2. The summed E-state index contributed by atoms with van der Waals surface area (Å²) in [6, 6.07) is 18.6. The molecule has 10 nitrogen and oxygen atoms in total. The monoisotopic (exact) mass is 540 g/mol. The number of hydrogen-bond donors (Lipinski definition) is 2. The van der Waals surface area contributed by atoms with E-state index < -0.39 is 5.97 Å². The van der Waals surface area contributed by atoms with Crippen LogP contribution in [0.2, 0.25) is 0 Å². The smallest absolute Gasteiger partial charge is 0.339 e. The Labute approximate surface area is 233 Å². The molecule has 1 fully saturated rings. The number of rotatable bonds is 7. The molecule has 0 aliphatic carbocycles. The van der Waals surface area contributed by atoms with Crippen LogP contribution < -0.4 is 15.5 Å². The highest BCUT2D eigenvalue weighted by Gasteiger charge is 2.31. The summed E-state index contributed by atoms with van der Waals surface area (Å²) in [7, 11) is 5.17. The molecule has 40 heavy (non-hydrogen) atoms. The SMILES string of the molecule is COC(=O)c1cnc2c(c1)NC(=O)/C2=C(/Nc1ccc(N(C)C(=O)CN2CCN(C)CC2)cc1)c1ccccc1. The minimum absolute atomic E-state index is 0.0361. The van der Waals surface area contributed by atoms with Crippen molar-refractivity contribution in [1.29, 1.82) is 0 Å². The summed E-state index contributed by atoms with van der Waals surface area (Å²) in [6.45, 7) is 4.06. The number of anilines is 3. The van der Waals surface area contributed by atoms with E-state index in [1.54, 1.807) is 18.0 Å². The molecule has 3 aromatic rings. The molecule has 1 aromatic heterocycles. The number of benzene rings is 2. The Morgan fingerprint density at radius 1 is 1.02 bits per heavy atom. The van der Waals surface area contributed by atoms with Gasteiger partial charge in [-0.25, -0.2) is 4.79 Å². The first-order valence-corrected chi connectivity index (χ1v) is 13.1. The molecule has 5 rings (SSSR count). The summed E-state index contributed by atoms with van der Waals surface area (Å²) in [6.07, 6.45) is 1.40. The Hall–Kier alpha value is -4.54. The van der Waals surface area contributed by atoms with Gasteiger partial charge in [0.2, 0.25) is 5.91 Å². The number of ether oxygens (including phenoxy) is 1. The number of aromatic nitrogens is 1. The van der Waals surface area contributed by atoms with Crippen LogP contribution in [0.15, 0.2) is 66.9 Å². The van der Waals surface area contributed by atoms with Gasteiger partial charge in [0, 0.05) is 50.8 Å². The number of esters is 1. The molecule has 0 unspecified atom stereocenters. The van der Waals surface area contributed by atoms with E-state index in [1.807, 2.05) is 54.6 Å². The van der Waals surface area contributed by atoms with Crippen LogP contribution in [0.3, 0.4) is 0 Å². The fraction of sp³-hybridized carbons (Fsp3) is 0.267. The quantitative estimate of drug-likeness (QED) is 0.348. The third-order valence-electron chi connectivity index (χ3n) is 7.19. The lowest BCUT2D eigenvalue weighted by Crippen LogP contribution is -2.48. The maximum atomic E-state index is 13.2. The molecule has 206 valence electrons. The van der Waals surface area contributed by atoms with Gasteiger partial charge >= 0.3 is 5.97 Å². The van der Waals surface area contributed by atoms with Gasteiger partial charge in [0.25, 0.3) is 5.91 Å². The highest BCUT2D eigenvalue weighted by molar-refractivity contribution is 6.37. The number of piperazine rings is 1. The minimum atomic E-state index is -0.532. The normalized spacial score (nSPS) is 16.6. The summed E-state index contributed by atoms with van der Waals surface area (Å²) in [5, 5.41) is 6.21. The van der Waals surface area contributed by atoms with Crippen LogP contribution in [-0.2, 0) is 14.3 Å². The molecule has 0 radical (unpaired) electrons. The molecular formula is C30H32N6O4. The van der Waals surface area contributed by atoms with E-state index in [-0.39, 0.29) is 17.4 Å². The van der Waals surface area contributed by atoms with E-state index >= 15 is 0 Å². The number of carbonyl (C=O) groups excluding carboxylic acids is 3. The molecule has 2 aliphatic rings. The van der Waals surface area contributed by atoms with Crippen molar-refractivity contribution in [3.8, 4) is 0 Å². The van der Waals surface area contributed by atoms with E-state index in [0.717, 1.165) is 43.1 Å². The number of likely N-dealkylation sites (N-methyl/N-ethyl adjacent to an activating group) is 2. The van der Waals surface area contributed by atoms with Gasteiger partial charge < -0.3 is 25.2 Å². The Kier molecular flexibility index (Phi) is 7.90. The molecule has 2 N–H and O–H groups in total. The largest absolute Gasteiger partial charge is 0.465 e. The molecule has 0 spiro atoms. The number of fused-ring (bicyclic) bond motifs is 1. The Morgan fingerprint density at radius 2 is 1.73 bits per heavy atom. The van der Waals surface area contributed by atoms with E-state index in [4.69, 9.17) is 4.74 Å². The number of pyridine rings is 1. The van der Waals surface area contributed by atoms with Crippen molar-refractivity contribution < 1.29 is 19.1 Å². The van der Waals surface area contributed by atoms with Crippen LogP contribution in [0.25, 0.3) is 11.3 Å². The first kappa shape index (κ1) is 27.0. The topological polar surface area (TPSA) is 107 Å². The van der Waals surface area contributed by atoms with Gasteiger partial charge in [-0.15, -0.1) is 0 Å². The van der Waals surface area contributed by atoms with Crippen LogP contribution in [-0.4, -0.2) is 86.5 Å². The lowest BCUT2D eigenvalue weighted by atomic mass is 10.0. The Balaban J connectivity index is 1.40. The molecule has 3 heterocycles. The molecule has 2 amide bonds. The van der Waals surface area contributed by atoms with E-state index in [0.29, 0.717) is 29.2 Å². The number of amides is 2. The van der Waals surface area contributed by atoms with Gasteiger partial charge in [-0.2, -0.15) is 0 Å². The Bertz CT molecular complexity index is 1450. The third-order valence-corrected chi connectivity index (χ3v) is 7.19. The van der Waals surface area contributed by atoms with E-state index in [1.165, 1.54) is 13.3 Å². The van der Waals surface area contributed by atoms with Crippen LogP contribution in [0.4, 0.5) is 17.1 Å². The van der Waals surface area contributed by atoms with Crippen LogP contribution in [0.5, 0.6) is 0 Å². The minimum Gasteiger partial charge on any atom is -0.465 e. The van der Waals surface area contributed by atoms with Crippen molar-refractivity contribution in [2.45, 2.75) is 0 Å². The Morgan fingerprint density at radius 3 is 2.40 bits per heavy atom. The van der Waals surface area contributed by atoms with Gasteiger partial charge in [0.05, 0.1) is 36.2 Å². The van der Waals surface area contributed by atoms with Crippen LogP contribution in [0, 0.1) is 0 Å². The molecular weight excluding hydrogens is 508 g/mol. The first-order chi connectivity index (χ1) is 19.3. The number of nitrogens with one attached hydrogen (secondary N) is 2. The van der Waals surface area contributed by atoms with Gasteiger partial charge in [0.1, 0.15) is 5.69 Å². The number of nitrogens with zero attached hydrogens (tertiary/aromatic N) is 4. The molecule has 2 aromatic carbocycles. The summed E-state index contributed by atoms with van der Waals surface area (Å²) in [5.74, 6) is -0.828. The highest BCUT2D eigenvalue weighted by atomic mass is 16.5. The van der Waals surface area contributed by atoms with Gasteiger partial charge in [0.15, 0.2) is 0 Å². The second-order valence-corrected chi connectivity index (χ2v) is 9.89. The molecule has 10 heteroatoms. The second kappa shape index (κ2) is 11.7. The van der Waals surface area contributed by atoms with Gasteiger partial charge in [-0.3, -0.25) is 19.5 Å². The predicted octanol–water partition coefficient (Wildman–Crippen LogP) is 3.01. The maximum absolute atomic E-state index is 13.2. The van der Waals surface area contributed by atoms with Crippen molar-refractivity contribution >= 4 is 46.1 Å². The fourth-order valence-electron chi connectivity index (χ4n) is 4.76. The maximum Gasteiger partial charge on any atom is 0.339 e. The van der Waals surface area contributed by atoms with Crippen molar-refractivity contribution in [2.24, 2.45) is 0 Å². The number of hydrogen-bond acceptors (Lipinski definition) is 8. The van der Waals surface area contributed by atoms with E-state index in [2.05, 4.69) is 32.5 Å². The standard InChI is InChI=1S/C30H32N6O4/c1-34-13-15-36(16-14-34)19-25(37)35(2)23-11-9-22(10-12-23)32-27(20-7-5-4-6-8-20)26-28-24(33-29(26)38)17-21(18-31-28)30(39)40-3/h4-12,17-18,32H,13-16,19H2,1-3H3,(H,33,38)/b27-26+. The van der Waals surface area contributed by atoms with Gasteiger partial charge in [-0.05, 0) is 42.9 Å². The van der Waals surface area contributed by atoms with Crippen LogP contribution >= 0.6 is 0 Å². The first-order valence-electron chi connectivity index (χ1n) is 13.1.